The Morgan fingerprint density at radius 3 is 2.39 bits per heavy atom. The summed E-state index contributed by atoms with van der Waals surface area (Å²) >= 11 is 0. The first-order chi connectivity index (χ1) is 11.0. The van der Waals surface area contributed by atoms with E-state index in [1.54, 1.807) is 18.0 Å². The summed E-state index contributed by atoms with van der Waals surface area (Å²) in [5.74, 6) is -1.02. The number of carbonyl (C=O) groups excluding carboxylic acids is 2. The number of hydrogen-bond acceptors (Lipinski definition) is 3. The van der Waals surface area contributed by atoms with Crippen molar-refractivity contribution in [1.29, 1.82) is 0 Å². The van der Waals surface area contributed by atoms with E-state index in [1.807, 2.05) is 30.3 Å². The summed E-state index contributed by atoms with van der Waals surface area (Å²) < 4.78 is 13.4. The summed E-state index contributed by atoms with van der Waals surface area (Å²) in [6, 6.07) is 14.7. The van der Waals surface area contributed by atoms with Gasteiger partial charge < -0.3 is 5.32 Å². The fourth-order valence-corrected chi connectivity index (χ4v) is 2.08. The van der Waals surface area contributed by atoms with Gasteiger partial charge in [0.2, 0.25) is 5.91 Å². The molecule has 0 bridgehead atoms. The van der Waals surface area contributed by atoms with Crippen LogP contribution in [0.1, 0.15) is 5.56 Å². The molecular formula is C17H18FN3O2. The average molecular weight is 315 g/mol. The summed E-state index contributed by atoms with van der Waals surface area (Å²) in [7, 11) is 1.78. The topological polar surface area (TPSA) is 61.4 Å². The van der Waals surface area contributed by atoms with Gasteiger partial charge in [-0.2, -0.15) is 0 Å². The summed E-state index contributed by atoms with van der Waals surface area (Å²) in [5.41, 5.74) is 1.09. The maximum atomic E-state index is 13.4. The fraction of sp³-hybridized carbons (Fsp3) is 0.176. The van der Waals surface area contributed by atoms with Gasteiger partial charge in [-0.05, 0) is 24.7 Å². The van der Waals surface area contributed by atoms with E-state index in [2.05, 4.69) is 10.6 Å². The lowest BCUT2D eigenvalue weighted by molar-refractivity contribution is -0.120. The molecule has 0 aliphatic heterocycles. The molecule has 2 N–H and O–H groups in total. The number of halogens is 1. The van der Waals surface area contributed by atoms with Gasteiger partial charge in [0.05, 0.1) is 12.2 Å². The van der Waals surface area contributed by atoms with Crippen LogP contribution in [0, 0.1) is 5.82 Å². The van der Waals surface area contributed by atoms with Gasteiger partial charge in [0.1, 0.15) is 5.82 Å². The van der Waals surface area contributed by atoms with Gasteiger partial charge >= 0.3 is 6.03 Å². The molecule has 0 aromatic heterocycles. The summed E-state index contributed by atoms with van der Waals surface area (Å²) in [6.07, 6.45) is 0. The number of nitrogens with zero attached hydrogens (tertiary/aromatic N) is 1. The minimum Gasteiger partial charge on any atom is -0.305 e. The standard InChI is InChI=1S/C17H18FN3O2/c1-21(11-13-7-3-2-4-8-13)12-16(22)20-17(23)19-15-10-6-5-9-14(15)18/h2-10H,11-12H2,1H3,(H2,19,20,22,23). The number of amides is 3. The van der Waals surface area contributed by atoms with Crippen molar-refractivity contribution in [3.8, 4) is 0 Å². The van der Waals surface area contributed by atoms with Crippen LogP contribution in [-0.2, 0) is 11.3 Å². The lowest BCUT2D eigenvalue weighted by Gasteiger charge is -2.16. The quantitative estimate of drug-likeness (QED) is 0.891. The molecule has 0 fully saturated rings. The number of para-hydroxylation sites is 1. The number of hydrogen-bond donors (Lipinski definition) is 2. The first kappa shape index (κ1) is 16.6. The predicted molar refractivity (Wildman–Crippen MR) is 86.3 cm³/mol. The Balaban J connectivity index is 1.80. The highest BCUT2D eigenvalue weighted by atomic mass is 19.1. The molecule has 0 spiro atoms. The van der Waals surface area contributed by atoms with Gasteiger partial charge in [0, 0.05) is 6.54 Å². The monoisotopic (exact) mass is 315 g/mol. The van der Waals surface area contributed by atoms with Crippen molar-refractivity contribution in [2.24, 2.45) is 0 Å². The Morgan fingerprint density at radius 1 is 1.04 bits per heavy atom. The van der Waals surface area contributed by atoms with Crippen LogP contribution < -0.4 is 10.6 Å². The highest BCUT2D eigenvalue weighted by Crippen LogP contribution is 2.11. The van der Waals surface area contributed by atoms with E-state index in [4.69, 9.17) is 0 Å². The van der Waals surface area contributed by atoms with E-state index < -0.39 is 17.8 Å². The van der Waals surface area contributed by atoms with E-state index in [0.29, 0.717) is 6.54 Å². The molecule has 0 saturated heterocycles. The molecule has 0 unspecified atom stereocenters. The summed E-state index contributed by atoms with van der Waals surface area (Å²) in [4.78, 5) is 25.3. The van der Waals surface area contributed by atoms with Crippen molar-refractivity contribution in [3.05, 3.63) is 66.0 Å². The molecule has 0 saturated carbocycles. The van der Waals surface area contributed by atoms with Crippen molar-refractivity contribution in [2.45, 2.75) is 6.54 Å². The molecule has 2 aromatic carbocycles. The molecule has 120 valence electrons. The molecule has 23 heavy (non-hydrogen) atoms. The maximum Gasteiger partial charge on any atom is 0.326 e. The number of urea groups is 1. The lowest BCUT2D eigenvalue weighted by atomic mass is 10.2. The summed E-state index contributed by atoms with van der Waals surface area (Å²) in [5, 5.41) is 4.47. The zero-order valence-corrected chi connectivity index (χ0v) is 12.8. The molecule has 2 rings (SSSR count). The van der Waals surface area contributed by atoms with Gasteiger partial charge in [-0.3, -0.25) is 15.0 Å². The van der Waals surface area contributed by atoms with Crippen LogP contribution in [0.3, 0.4) is 0 Å². The smallest absolute Gasteiger partial charge is 0.305 e. The van der Waals surface area contributed by atoms with Gasteiger partial charge in [-0.15, -0.1) is 0 Å². The normalized spacial score (nSPS) is 10.4. The highest BCUT2D eigenvalue weighted by molar-refractivity contribution is 6.01. The highest BCUT2D eigenvalue weighted by Gasteiger charge is 2.12. The Kier molecular flexibility index (Phi) is 5.82. The van der Waals surface area contributed by atoms with Crippen molar-refractivity contribution in [1.82, 2.24) is 10.2 Å². The number of imide groups is 1. The Labute approximate surface area is 134 Å². The van der Waals surface area contributed by atoms with Crippen molar-refractivity contribution < 1.29 is 14.0 Å². The Bertz CT molecular complexity index is 677. The van der Waals surface area contributed by atoms with Crippen LogP contribution in [0.5, 0.6) is 0 Å². The van der Waals surface area contributed by atoms with Crippen LogP contribution in [0.15, 0.2) is 54.6 Å². The number of nitrogens with one attached hydrogen (secondary N) is 2. The van der Waals surface area contributed by atoms with Gasteiger partial charge in [-0.1, -0.05) is 42.5 Å². The molecule has 5 nitrogen and oxygen atoms in total. The molecule has 0 atom stereocenters. The van der Waals surface area contributed by atoms with E-state index >= 15 is 0 Å². The van der Waals surface area contributed by atoms with E-state index in [-0.39, 0.29) is 12.2 Å². The molecule has 2 aromatic rings. The predicted octanol–water partition coefficient (Wildman–Crippen LogP) is 2.61. The van der Waals surface area contributed by atoms with Crippen LogP contribution in [0.4, 0.5) is 14.9 Å². The average Bonchev–Trinajstić information content (AvgIpc) is 2.50. The van der Waals surface area contributed by atoms with Crippen molar-refractivity contribution >= 4 is 17.6 Å². The van der Waals surface area contributed by atoms with Gasteiger partial charge in [-0.25, -0.2) is 9.18 Å². The second-order valence-electron chi connectivity index (χ2n) is 5.14. The third kappa shape index (κ3) is 5.52. The fourth-order valence-electron chi connectivity index (χ4n) is 2.08. The third-order valence-electron chi connectivity index (χ3n) is 3.08. The zero-order chi connectivity index (χ0) is 16.7. The van der Waals surface area contributed by atoms with E-state index in [0.717, 1.165) is 5.56 Å². The number of benzene rings is 2. The summed E-state index contributed by atoms with van der Waals surface area (Å²) in [6.45, 7) is 0.642. The van der Waals surface area contributed by atoms with Crippen LogP contribution in [0.2, 0.25) is 0 Å². The molecule has 6 heteroatoms. The first-order valence-corrected chi connectivity index (χ1v) is 7.12. The number of carbonyl (C=O) groups is 2. The number of likely N-dealkylation sites (N-methyl/N-ethyl adjacent to an activating group) is 1. The van der Waals surface area contributed by atoms with E-state index in [1.165, 1.54) is 18.2 Å². The van der Waals surface area contributed by atoms with Crippen LogP contribution in [-0.4, -0.2) is 30.4 Å². The van der Waals surface area contributed by atoms with Crippen LogP contribution >= 0.6 is 0 Å². The zero-order valence-electron chi connectivity index (χ0n) is 12.8. The first-order valence-electron chi connectivity index (χ1n) is 7.12. The Morgan fingerprint density at radius 2 is 1.70 bits per heavy atom. The second-order valence-corrected chi connectivity index (χ2v) is 5.14. The minimum absolute atomic E-state index is 0.0236. The number of rotatable bonds is 5. The molecule has 3 amide bonds. The lowest BCUT2D eigenvalue weighted by Crippen LogP contribution is -2.40. The SMILES string of the molecule is CN(CC(=O)NC(=O)Nc1ccccc1F)Cc1ccccc1. The number of anilines is 1. The van der Waals surface area contributed by atoms with Crippen molar-refractivity contribution in [3.63, 3.8) is 0 Å². The van der Waals surface area contributed by atoms with Crippen LogP contribution in [0.25, 0.3) is 0 Å². The van der Waals surface area contributed by atoms with E-state index in [9.17, 15) is 14.0 Å². The molecule has 0 radical (unpaired) electrons. The molecule has 0 heterocycles. The maximum absolute atomic E-state index is 13.4. The largest absolute Gasteiger partial charge is 0.326 e. The minimum atomic E-state index is -0.756. The molecule has 0 aliphatic carbocycles. The van der Waals surface area contributed by atoms with Gasteiger partial charge in [0.25, 0.3) is 0 Å². The molecule has 0 aliphatic rings. The second kappa shape index (κ2) is 8.05. The molecular weight excluding hydrogens is 297 g/mol. The van der Waals surface area contributed by atoms with Crippen molar-refractivity contribution in [2.75, 3.05) is 18.9 Å². The van der Waals surface area contributed by atoms with Gasteiger partial charge in [0.15, 0.2) is 0 Å². The Hall–Kier alpha value is -2.73. The third-order valence-corrected chi connectivity index (χ3v) is 3.08.